The number of aryl methyl sites for hydroxylation is 2. The first-order valence-electron chi connectivity index (χ1n) is 7.39. The van der Waals surface area contributed by atoms with Crippen LogP contribution in [0.3, 0.4) is 0 Å². The largest absolute Gasteiger partial charge is 0.372 e. The molecule has 3 rings (SSSR count). The molecule has 118 valence electrons. The van der Waals surface area contributed by atoms with Crippen LogP contribution in [0.5, 0.6) is 0 Å². The van der Waals surface area contributed by atoms with Crippen LogP contribution in [0.1, 0.15) is 30.1 Å². The van der Waals surface area contributed by atoms with Crippen LogP contribution in [0.4, 0.5) is 5.69 Å². The summed E-state index contributed by atoms with van der Waals surface area (Å²) >= 11 is 0. The molecule has 6 heteroatoms. The van der Waals surface area contributed by atoms with Crippen LogP contribution in [0, 0.1) is 13.8 Å². The minimum Gasteiger partial charge on any atom is -0.372 e. The minimum absolute atomic E-state index is 0.0859. The van der Waals surface area contributed by atoms with Gasteiger partial charge in [-0.25, -0.2) is 0 Å². The summed E-state index contributed by atoms with van der Waals surface area (Å²) in [5, 5.41) is 7.17. The van der Waals surface area contributed by atoms with E-state index < -0.39 is 0 Å². The predicted octanol–water partition coefficient (Wildman–Crippen LogP) is 3.21. The molecule has 0 aliphatic heterocycles. The molecule has 0 aliphatic rings. The molecule has 0 saturated heterocycles. The lowest BCUT2D eigenvalue weighted by molar-refractivity contribution is 0.393. The van der Waals surface area contributed by atoms with E-state index in [0.29, 0.717) is 5.69 Å². The van der Waals surface area contributed by atoms with Crippen LogP contribution in [0.2, 0.25) is 0 Å². The van der Waals surface area contributed by atoms with E-state index in [4.69, 9.17) is 4.52 Å². The fourth-order valence-electron chi connectivity index (χ4n) is 2.57. The van der Waals surface area contributed by atoms with Gasteiger partial charge in [0.1, 0.15) is 11.4 Å². The molecule has 3 aromatic heterocycles. The summed E-state index contributed by atoms with van der Waals surface area (Å²) in [4.78, 5) is 19.2. The van der Waals surface area contributed by atoms with Crippen molar-refractivity contribution in [3.8, 4) is 11.1 Å². The van der Waals surface area contributed by atoms with Gasteiger partial charge in [0.15, 0.2) is 0 Å². The highest BCUT2D eigenvalue weighted by molar-refractivity contribution is 5.70. The van der Waals surface area contributed by atoms with E-state index in [1.165, 1.54) is 0 Å². The zero-order valence-electron chi connectivity index (χ0n) is 13.3. The Morgan fingerprint density at radius 2 is 2.13 bits per heavy atom. The molecule has 0 spiro atoms. The van der Waals surface area contributed by atoms with Gasteiger partial charge in [0.25, 0.3) is 5.56 Å². The molecular formula is C17H18N4O2. The number of anilines is 1. The molecule has 0 bridgehead atoms. The highest BCUT2D eigenvalue weighted by Gasteiger charge is 2.14. The lowest BCUT2D eigenvalue weighted by atomic mass is 10.1. The molecule has 0 radical (unpaired) electrons. The van der Waals surface area contributed by atoms with Crippen LogP contribution in [0.15, 0.2) is 46.0 Å². The molecule has 0 amide bonds. The quantitative estimate of drug-likeness (QED) is 0.773. The van der Waals surface area contributed by atoms with Crippen LogP contribution < -0.4 is 10.9 Å². The summed E-state index contributed by atoms with van der Waals surface area (Å²) in [6.45, 7) is 5.69. The Bertz CT molecular complexity index is 848. The smallest absolute Gasteiger partial charge is 0.271 e. The molecule has 2 N–H and O–H groups in total. The lowest BCUT2D eigenvalue weighted by Gasteiger charge is -2.14. The second kappa shape index (κ2) is 6.08. The minimum atomic E-state index is -0.178. The Hall–Kier alpha value is -2.89. The van der Waals surface area contributed by atoms with E-state index in [1.54, 1.807) is 12.4 Å². The molecular weight excluding hydrogens is 292 g/mol. The van der Waals surface area contributed by atoms with Crippen molar-refractivity contribution in [3.05, 3.63) is 64.2 Å². The van der Waals surface area contributed by atoms with E-state index in [0.717, 1.165) is 28.3 Å². The number of nitrogens with zero attached hydrogens (tertiary/aromatic N) is 2. The second-order valence-corrected chi connectivity index (χ2v) is 5.45. The maximum Gasteiger partial charge on any atom is 0.271 e. The van der Waals surface area contributed by atoms with Gasteiger partial charge >= 0.3 is 0 Å². The molecule has 1 atom stereocenters. The summed E-state index contributed by atoms with van der Waals surface area (Å²) in [7, 11) is 0. The van der Waals surface area contributed by atoms with Crippen molar-refractivity contribution in [2.75, 3.05) is 5.32 Å². The van der Waals surface area contributed by atoms with Crippen molar-refractivity contribution in [1.82, 2.24) is 15.1 Å². The number of nitrogens with one attached hydrogen (secondary N) is 2. The van der Waals surface area contributed by atoms with E-state index in [1.807, 2.05) is 45.0 Å². The van der Waals surface area contributed by atoms with Crippen LogP contribution in [-0.2, 0) is 0 Å². The highest BCUT2D eigenvalue weighted by Crippen LogP contribution is 2.27. The van der Waals surface area contributed by atoms with Gasteiger partial charge in [0.2, 0.25) is 0 Å². The van der Waals surface area contributed by atoms with Gasteiger partial charge in [-0.2, -0.15) is 0 Å². The molecule has 3 heterocycles. The van der Waals surface area contributed by atoms with Gasteiger partial charge in [-0.05, 0) is 39.0 Å². The van der Waals surface area contributed by atoms with Gasteiger partial charge in [-0.3, -0.25) is 9.78 Å². The average Bonchev–Trinajstić information content (AvgIpc) is 2.89. The maximum absolute atomic E-state index is 12.1. The van der Waals surface area contributed by atoms with E-state index in [-0.39, 0.29) is 11.6 Å². The van der Waals surface area contributed by atoms with Crippen LogP contribution >= 0.6 is 0 Å². The molecule has 0 aliphatic carbocycles. The van der Waals surface area contributed by atoms with Gasteiger partial charge in [-0.1, -0.05) is 11.2 Å². The SMILES string of the molecule is Cc1noc(C)c1-c1c[nH]c(=O)c(N[C@H](C)c2ccccn2)c1. The lowest BCUT2D eigenvalue weighted by Crippen LogP contribution is -2.17. The number of hydrogen-bond donors (Lipinski definition) is 2. The fraction of sp³-hybridized carbons (Fsp3) is 0.235. The number of H-pyrrole nitrogens is 1. The van der Waals surface area contributed by atoms with Crippen molar-refractivity contribution in [1.29, 1.82) is 0 Å². The molecule has 6 nitrogen and oxygen atoms in total. The number of hydrogen-bond acceptors (Lipinski definition) is 5. The Morgan fingerprint density at radius 1 is 1.30 bits per heavy atom. The number of rotatable bonds is 4. The molecule has 0 saturated carbocycles. The van der Waals surface area contributed by atoms with Gasteiger partial charge in [0, 0.05) is 23.5 Å². The van der Waals surface area contributed by atoms with Gasteiger partial charge in [-0.15, -0.1) is 0 Å². The zero-order chi connectivity index (χ0) is 16.4. The van der Waals surface area contributed by atoms with E-state index >= 15 is 0 Å². The number of aromatic nitrogens is 3. The summed E-state index contributed by atoms with van der Waals surface area (Å²) in [6, 6.07) is 7.43. The third kappa shape index (κ3) is 3.01. The summed E-state index contributed by atoms with van der Waals surface area (Å²) in [5.74, 6) is 0.721. The monoisotopic (exact) mass is 310 g/mol. The highest BCUT2D eigenvalue weighted by atomic mass is 16.5. The van der Waals surface area contributed by atoms with Crippen molar-refractivity contribution >= 4 is 5.69 Å². The predicted molar refractivity (Wildman–Crippen MR) is 88.3 cm³/mol. The Morgan fingerprint density at radius 3 is 2.78 bits per heavy atom. The fourth-order valence-corrected chi connectivity index (χ4v) is 2.57. The van der Waals surface area contributed by atoms with E-state index in [9.17, 15) is 4.79 Å². The topological polar surface area (TPSA) is 83.8 Å². The van der Waals surface area contributed by atoms with Crippen molar-refractivity contribution < 1.29 is 4.52 Å². The maximum atomic E-state index is 12.1. The molecule has 0 unspecified atom stereocenters. The Labute approximate surface area is 133 Å². The molecule has 0 aromatic carbocycles. The van der Waals surface area contributed by atoms with Crippen molar-refractivity contribution in [2.24, 2.45) is 0 Å². The molecule has 3 aromatic rings. The van der Waals surface area contributed by atoms with Crippen LogP contribution in [-0.4, -0.2) is 15.1 Å². The first-order valence-corrected chi connectivity index (χ1v) is 7.39. The second-order valence-electron chi connectivity index (χ2n) is 5.45. The number of pyridine rings is 2. The zero-order valence-corrected chi connectivity index (χ0v) is 13.3. The van der Waals surface area contributed by atoms with Crippen molar-refractivity contribution in [3.63, 3.8) is 0 Å². The summed E-state index contributed by atoms with van der Waals surface area (Å²) in [6.07, 6.45) is 3.41. The molecule has 23 heavy (non-hydrogen) atoms. The first kappa shape index (κ1) is 15.0. The Kier molecular flexibility index (Phi) is 3.97. The third-order valence-electron chi connectivity index (χ3n) is 3.73. The first-order chi connectivity index (χ1) is 11.1. The summed E-state index contributed by atoms with van der Waals surface area (Å²) < 4.78 is 5.20. The summed E-state index contributed by atoms with van der Waals surface area (Å²) in [5.41, 5.74) is 3.73. The standard InChI is InChI=1S/C17H18N4O2/c1-10(14-6-4-5-7-18-14)20-15-8-13(9-19-17(15)22)16-11(2)21-23-12(16)3/h4-10,20H,1-3H3,(H,19,22)/t10-/m1/s1. The van der Waals surface area contributed by atoms with Crippen LogP contribution in [0.25, 0.3) is 11.1 Å². The van der Waals surface area contributed by atoms with Gasteiger partial charge < -0.3 is 14.8 Å². The normalized spacial score (nSPS) is 12.1. The van der Waals surface area contributed by atoms with Gasteiger partial charge in [0.05, 0.1) is 17.4 Å². The average molecular weight is 310 g/mol. The molecule has 0 fully saturated rings. The van der Waals surface area contributed by atoms with Crippen molar-refractivity contribution in [2.45, 2.75) is 26.8 Å². The Balaban J connectivity index is 1.94. The number of aromatic amines is 1. The third-order valence-corrected chi connectivity index (χ3v) is 3.73. The van der Waals surface area contributed by atoms with E-state index in [2.05, 4.69) is 20.4 Å².